The molecule has 1 fully saturated rings. The SMILES string of the molecule is CC(=O)N(c1ccccc1Oc1ccccc1)C1CCN(C)C1. The number of ether oxygens (including phenoxy) is 1. The topological polar surface area (TPSA) is 32.8 Å². The van der Waals surface area contributed by atoms with Gasteiger partial charge < -0.3 is 14.5 Å². The summed E-state index contributed by atoms with van der Waals surface area (Å²) in [4.78, 5) is 16.4. The number of likely N-dealkylation sites (tertiary alicyclic amines) is 1. The first-order chi connectivity index (χ1) is 11.1. The molecule has 3 rings (SSSR count). The minimum Gasteiger partial charge on any atom is -0.455 e. The quantitative estimate of drug-likeness (QED) is 0.866. The summed E-state index contributed by atoms with van der Waals surface area (Å²) in [5.41, 5.74) is 0.837. The predicted octanol–water partition coefficient (Wildman–Crippen LogP) is 3.54. The highest BCUT2D eigenvalue weighted by molar-refractivity contribution is 5.94. The van der Waals surface area contributed by atoms with Crippen LogP contribution in [0.3, 0.4) is 0 Å². The van der Waals surface area contributed by atoms with Crippen LogP contribution in [0.5, 0.6) is 11.5 Å². The van der Waals surface area contributed by atoms with Crippen molar-refractivity contribution in [2.24, 2.45) is 0 Å². The Hall–Kier alpha value is -2.33. The lowest BCUT2D eigenvalue weighted by molar-refractivity contribution is -0.117. The lowest BCUT2D eigenvalue weighted by Crippen LogP contribution is -2.40. The lowest BCUT2D eigenvalue weighted by atomic mass is 10.1. The fourth-order valence-electron chi connectivity index (χ4n) is 3.10. The second kappa shape index (κ2) is 6.84. The van der Waals surface area contributed by atoms with E-state index in [1.165, 1.54) is 0 Å². The number of rotatable bonds is 4. The van der Waals surface area contributed by atoms with Crippen LogP contribution in [0.1, 0.15) is 13.3 Å². The standard InChI is InChI=1S/C19H22N2O2/c1-15(22)21(16-12-13-20(2)14-16)18-10-6-7-11-19(18)23-17-8-4-3-5-9-17/h3-11,16H,12-14H2,1-2H3. The number of carbonyl (C=O) groups excluding carboxylic acids is 1. The number of amides is 1. The Labute approximate surface area is 137 Å². The fraction of sp³-hybridized carbons (Fsp3) is 0.316. The molecular weight excluding hydrogens is 288 g/mol. The Balaban J connectivity index is 1.92. The van der Waals surface area contributed by atoms with Gasteiger partial charge in [-0.05, 0) is 44.3 Å². The summed E-state index contributed by atoms with van der Waals surface area (Å²) in [6.07, 6.45) is 0.982. The van der Waals surface area contributed by atoms with Crippen LogP contribution in [0.4, 0.5) is 5.69 Å². The maximum atomic E-state index is 12.3. The smallest absolute Gasteiger partial charge is 0.224 e. The van der Waals surface area contributed by atoms with E-state index in [2.05, 4.69) is 11.9 Å². The minimum atomic E-state index is 0.0504. The van der Waals surface area contributed by atoms with E-state index in [-0.39, 0.29) is 11.9 Å². The molecule has 1 unspecified atom stereocenters. The van der Waals surface area contributed by atoms with Crippen LogP contribution < -0.4 is 9.64 Å². The zero-order valence-corrected chi connectivity index (χ0v) is 13.6. The number of hydrogen-bond donors (Lipinski definition) is 0. The molecular formula is C19H22N2O2. The molecule has 4 heteroatoms. The van der Waals surface area contributed by atoms with Crippen molar-refractivity contribution in [1.29, 1.82) is 0 Å². The third-order valence-electron chi connectivity index (χ3n) is 4.17. The number of nitrogens with zero attached hydrogens (tertiary/aromatic N) is 2. The molecule has 1 saturated heterocycles. The summed E-state index contributed by atoms with van der Waals surface area (Å²) in [5.74, 6) is 1.53. The summed E-state index contributed by atoms with van der Waals surface area (Å²) < 4.78 is 6.02. The molecule has 1 aliphatic heterocycles. The van der Waals surface area contributed by atoms with Crippen LogP contribution in [0.2, 0.25) is 0 Å². The van der Waals surface area contributed by atoms with Gasteiger partial charge in [-0.3, -0.25) is 4.79 Å². The molecule has 4 nitrogen and oxygen atoms in total. The van der Waals surface area contributed by atoms with E-state index < -0.39 is 0 Å². The molecule has 1 amide bonds. The monoisotopic (exact) mass is 310 g/mol. The molecule has 0 radical (unpaired) electrons. The Morgan fingerprint density at radius 1 is 1.13 bits per heavy atom. The molecule has 1 atom stereocenters. The fourth-order valence-corrected chi connectivity index (χ4v) is 3.10. The number of carbonyl (C=O) groups is 1. The van der Waals surface area contributed by atoms with Crippen LogP contribution in [-0.4, -0.2) is 37.0 Å². The van der Waals surface area contributed by atoms with Crippen molar-refractivity contribution in [3.05, 3.63) is 54.6 Å². The number of hydrogen-bond acceptors (Lipinski definition) is 3. The van der Waals surface area contributed by atoms with Crippen molar-refractivity contribution in [3.63, 3.8) is 0 Å². The van der Waals surface area contributed by atoms with Crippen molar-refractivity contribution in [3.8, 4) is 11.5 Å². The van der Waals surface area contributed by atoms with Gasteiger partial charge in [0.15, 0.2) is 5.75 Å². The summed E-state index contributed by atoms with van der Waals surface area (Å²) in [5, 5.41) is 0. The molecule has 0 aromatic heterocycles. The van der Waals surface area contributed by atoms with Gasteiger partial charge in [-0.2, -0.15) is 0 Å². The van der Waals surface area contributed by atoms with Crippen molar-refractivity contribution in [2.75, 3.05) is 25.0 Å². The molecule has 0 spiro atoms. The molecule has 0 bridgehead atoms. The molecule has 2 aromatic carbocycles. The third kappa shape index (κ3) is 3.54. The van der Waals surface area contributed by atoms with Gasteiger partial charge in [0, 0.05) is 13.5 Å². The molecule has 23 heavy (non-hydrogen) atoms. The molecule has 0 saturated carbocycles. The van der Waals surface area contributed by atoms with E-state index in [4.69, 9.17) is 4.74 Å². The van der Waals surface area contributed by atoms with Gasteiger partial charge in [0.05, 0.1) is 11.7 Å². The van der Waals surface area contributed by atoms with E-state index in [1.807, 2.05) is 59.5 Å². The van der Waals surface area contributed by atoms with Gasteiger partial charge in [0.25, 0.3) is 0 Å². The maximum absolute atomic E-state index is 12.3. The summed E-state index contributed by atoms with van der Waals surface area (Å²) in [6.45, 7) is 3.52. The average molecular weight is 310 g/mol. The van der Waals surface area contributed by atoms with E-state index in [0.29, 0.717) is 5.75 Å². The van der Waals surface area contributed by atoms with E-state index in [9.17, 15) is 4.79 Å². The van der Waals surface area contributed by atoms with E-state index in [1.54, 1.807) is 6.92 Å². The highest BCUT2D eigenvalue weighted by Gasteiger charge is 2.30. The largest absolute Gasteiger partial charge is 0.455 e. The molecule has 1 aliphatic rings. The number of benzene rings is 2. The van der Waals surface area contributed by atoms with Crippen LogP contribution in [0, 0.1) is 0 Å². The van der Waals surface area contributed by atoms with Crippen LogP contribution in [0.25, 0.3) is 0 Å². The van der Waals surface area contributed by atoms with Gasteiger partial charge in [0.1, 0.15) is 5.75 Å². The Morgan fingerprint density at radius 2 is 1.83 bits per heavy atom. The maximum Gasteiger partial charge on any atom is 0.224 e. The van der Waals surface area contributed by atoms with Crippen LogP contribution >= 0.6 is 0 Å². The van der Waals surface area contributed by atoms with E-state index >= 15 is 0 Å². The first-order valence-electron chi connectivity index (χ1n) is 7.95. The molecule has 120 valence electrons. The second-order valence-electron chi connectivity index (χ2n) is 5.98. The Kier molecular flexibility index (Phi) is 4.63. The zero-order chi connectivity index (χ0) is 16.2. The number of anilines is 1. The summed E-state index contributed by atoms with van der Waals surface area (Å²) in [7, 11) is 2.09. The highest BCUT2D eigenvalue weighted by atomic mass is 16.5. The van der Waals surface area contributed by atoms with Crippen LogP contribution in [-0.2, 0) is 4.79 Å². The lowest BCUT2D eigenvalue weighted by Gasteiger charge is -2.29. The summed E-state index contributed by atoms with van der Waals surface area (Å²) in [6, 6.07) is 17.6. The van der Waals surface area contributed by atoms with Crippen molar-refractivity contribution in [1.82, 2.24) is 4.90 Å². The van der Waals surface area contributed by atoms with Crippen LogP contribution in [0.15, 0.2) is 54.6 Å². The molecule has 0 N–H and O–H groups in total. The first kappa shape index (κ1) is 15.6. The average Bonchev–Trinajstić information content (AvgIpc) is 2.96. The van der Waals surface area contributed by atoms with Gasteiger partial charge in [-0.15, -0.1) is 0 Å². The van der Waals surface area contributed by atoms with Gasteiger partial charge in [0.2, 0.25) is 5.91 Å². The van der Waals surface area contributed by atoms with Gasteiger partial charge in [-0.1, -0.05) is 30.3 Å². The Morgan fingerprint density at radius 3 is 2.48 bits per heavy atom. The van der Waals surface area contributed by atoms with Crippen molar-refractivity contribution >= 4 is 11.6 Å². The second-order valence-corrected chi connectivity index (χ2v) is 5.98. The van der Waals surface area contributed by atoms with Crippen molar-refractivity contribution < 1.29 is 9.53 Å². The predicted molar refractivity (Wildman–Crippen MR) is 92.0 cm³/mol. The summed E-state index contributed by atoms with van der Waals surface area (Å²) >= 11 is 0. The third-order valence-corrected chi connectivity index (χ3v) is 4.17. The normalized spacial score (nSPS) is 17.9. The Bertz CT molecular complexity index is 672. The van der Waals surface area contributed by atoms with Gasteiger partial charge in [-0.25, -0.2) is 0 Å². The first-order valence-corrected chi connectivity index (χ1v) is 7.95. The molecule has 1 heterocycles. The minimum absolute atomic E-state index is 0.0504. The van der Waals surface area contributed by atoms with Gasteiger partial charge >= 0.3 is 0 Å². The highest BCUT2D eigenvalue weighted by Crippen LogP contribution is 2.34. The molecule has 2 aromatic rings. The number of para-hydroxylation sites is 3. The number of likely N-dealkylation sites (N-methyl/N-ethyl adjacent to an activating group) is 1. The van der Waals surface area contributed by atoms with E-state index in [0.717, 1.165) is 30.9 Å². The van der Waals surface area contributed by atoms with Crippen molar-refractivity contribution in [2.45, 2.75) is 19.4 Å². The zero-order valence-electron chi connectivity index (χ0n) is 13.6. The molecule has 0 aliphatic carbocycles.